The van der Waals surface area contributed by atoms with Crippen molar-refractivity contribution in [3.05, 3.63) is 70.4 Å². The molecule has 7 heteroatoms. The molecule has 0 aliphatic carbocycles. The van der Waals surface area contributed by atoms with E-state index in [1.807, 2.05) is 30.5 Å². The van der Waals surface area contributed by atoms with Crippen molar-refractivity contribution in [3.63, 3.8) is 0 Å². The Morgan fingerprint density at radius 1 is 1.19 bits per heavy atom. The SMILES string of the molecule is CCc1nc(CNC(=O)Nc2c(F)cccc2Oc2ccccc2)cs1. The molecule has 0 atom stereocenters. The summed E-state index contributed by atoms with van der Waals surface area (Å²) in [5.74, 6) is 0.208. The second kappa shape index (κ2) is 8.44. The molecular weight excluding hydrogens is 353 g/mol. The minimum absolute atomic E-state index is 0.0126. The van der Waals surface area contributed by atoms with Crippen molar-refractivity contribution in [3.8, 4) is 11.5 Å². The topological polar surface area (TPSA) is 63.2 Å². The highest BCUT2D eigenvalue weighted by atomic mass is 32.1. The van der Waals surface area contributed by atoms with Crippen molar-refractivity contribution < 1.29 is 13.9 Å². The summed E-state index contributed by atoms with van der Waals surface area (Å²) in [6.45, 7) is 2.29. The molecule has 134 valence electrons. The first kappa shape index (κ1) is 17.9. The summed E-state index contributed by atoms with van der Waals surface area (Å²) in [5.41, 5.74) is 0.762. The fourth-order valence-corrected chi connectivity index (χ4v) is 2.99. The molecule has 0 saturated carbocycles. The van der Waals surface area contributed by atoms with Gasteiger partial charge in [-0.2, -0.15) is 0 Å². The molecule has 0 fully saturated rings. The molecule has 5 nitrogen and oxygen atoms in total. The number of carbonyl (C=O) groups excluding carboxylic acids is 1. The van der Waals surface area contributed by atoms with E-state index in [-0.39, 0.29) is 18.0 Å². The van der Waals surface area contributed by atoms with E-state index >= 15 is 0 Å². The molecular formula is C19H18FN3O2S. The highest BCUT2D eigenvalue weighted by molar-refractivity contribution is 7.09. The van der Waals surface area contributed by atoms with Crippen LogP contribution in [0.4, 0.5) is 14.9 Å². The lowest BCUT2D eigenvalue weighted by atomic mass is 10.2. The van der Waals surface area contributed by atoms with Gasteiger partial charge in [0.2, 0.25) is 0 Å². The average molecular weight is 371 g/mol. The zero-order valence-corrected chi connectivity index (χ0v) is 15.0. The van der Waals surface area contributed by atoms with Crippen LogP contribution in [0.2, 0.25) is 0 Å². The van der Waals surface area contributed by atoms with E-state index in [1.54, 1.807) is 29.5 Å². The van der Waals surface area contributed by atoms with Crippen LogP contribution in [0, 0.1) is 5.82 Å². The summed E-state index contributed by atoms with van der Waals surface area (Å²) < 4.78 is 19.9. The van der Waals surface area contributed by atoms with Crippen LogP contribution in [0.1, 0.15) is 17.6 Å². The van der Waals surface area contributed by atoms with Crippen LogP contribution in [0.15, 0.2) is 53.9 Å². The van der Waals surface area contributed by atoms with E-state index < -0.39 is 11.8 Å². The predicted molar refractivity (Wildman–Crippen MR) is 100 cm³/mol. The molecule has 0 radical (unpaired) electrons. The standard InChI is InChI=1S/C19H18FN3O2S/c1-2-17-22-13(12-26-17)11-21-19(24)23-18-15(20)9-6-10-16(18)25-14-7-4-3-5-8-14/h3-10,12H,2,11H2,1H3,(H2,21,23,24). The number of nitrogens with one attached hydrogen (secondary N) is 2. The number of nitrogens with zero attached hydrogens (tertiary/aromatic N) is 1. The maximum absolute atomic E-state index is 14.2. The maximum atomic E-state index is 14.2. The molecule has 0 spiro atoms. The Morgan fingerprint density at radius 3 is 2.73 bits per heavy atom. The summed E-state index contributed by atoms with van der Waals surface area (Å²) in [5, 5.41) is 8.09. The highest BCUT2D eigenvalue weighted by Gasteiger charge is 2.14. The van der Waals surface area contributed by atoms with Gasteiger partial charge in [-0.25, -0.2) is 14.2 Å². The third-order valence-corrected chi connectivity index (χ3v) is 4.56. The Bertz CT molecular complexity index is 884. The number of aromatic nitrogens is 1. The third kappa shape index (κ3) is 4.58. The lowest BCUT2D eigenvalue weighted by Gasteiger charge is -2.13. The quantitative estimate of drug-likeness (QED) is 0.644. The van der Waals surface area contributed by atoms with Gasteiger partial charge in [0.1, 0.15) is 11.4 Å². The Balaban J connectivity index is 1.67. The van der Waals surface area contributed by atoms with Crippen LogP contribution < -0.4 is 15.4 Å². The molecule has 0 aliphatic rings. The lowest BCUT2D eigenvalue weighted by Crippen LogP contribution is -2.28. The fourth-order valence-electron chi connectivity index (χ4n) is 2.25. The van der Waals surface area contributed by atoms with Gasteiger partial charge in [-0.05, 0) is 30.7 Å². The van der Waals surface area contributed by atoms with E-state index in [0.717, 1.165) is 17.1 Å². The smallest absolute Gasteiger partial charge is 0.319 e. The van der Waals surface area contributed by atoms with Gasteiger partial charge in [0.15, 0.2) is 11.6 Å². The number of para-hydroxylation sites is 2. The number of thiazole rings is 1. The van der Waals surface area contributed by atoms with Crippen LogP contribution in [-0.4, -0.2) is 11.0 Å². The summed E-state index contributed by atoms with van der Waals surface area (Å²) in [7, 11) is 0. The van der Waals surface area contributed by atoms with Crippen LogP contribution >= 0.6 is 11.3 Å². The minimum atomic E-state index is -0.574. The summed E-state index contributed by atoms with van der Waals surface area (Å²) in [6.07, 6.45) is 0.853. The van der Waals surface area contributed by atoms with Crippen molar-refractivity contribution >= 4 is 23.1 Å². The van der Waals surface area contributed by atoms with Gasteiger partial charge in [0.05, 0.1) is 17.2 Å². The molecule has 2 N–H and O–H groups in total. The number of hydrogen-bond donors (Lipinski definition) is 2. The average Bonchev–Trinajstić information content (AvgIpc) is 3.12. The first-order valence-corrected chi connectivity index (χ1v) is 9.03. The molecule has 3 rings (SSSR count). The number of halogens is 1. The summed E-state index contributed by atoms with van der Waals surface area (Å²) >= 11 is 1.55. The molecule has 2 amide bonds. The molecule has 26 heavy (non-hydrogen) atoms. The number of benzene rings is 2. The van der Waals surface area contributed by atoms with Crippen molar-refractivity contribution in [1.29, 1.82) is 0 Å². The molecule has 1 heterocycles. The second-order valence-corrected chi connectivity index (χ2v) is 6.36. The molecule has 2 aromatic carbocycles. The molecule has 3 aromatic rings. The number of ether oxygens (including phenoxy) is 1. The Labute approximate surface area is 154 Å². The van der Waals surface area contributed by atoms with Gasteiger partial charge in [-0.3, -0.25) is 0 Å². The van der Waals surface area contributed by atoms with E-state index in [4.69, 9.17) is 4.74 Å². The van der Waals surface area contributed by atoms with Gasteiger partial charge >= 0.3 is 6.03 Å². The van der Waals surface area contributed by atoms with E-state index in [2.05, 4.69) is 15.6 Å². The third-order valence-electron chi connectivity index (χ3n) is 3.52. The number of amides is 2. The number of rotatable bonds is 6. The Hall–Kier alpha value is -2.93. The minimum Gasteiger partial charge on any atom is -0.455 e. The van der Waals surface area contributed by atoms with Crippen molar-refractivity contribution in [1.82, 2.24) is 10.3 Å². The zero-order valence-electron chi connectivity index (χ0n) is 14.2. The molecule has 0 aliphatic heterocycles. The van der Waals surface area contributed by atoms with Crippen molar-refractivity contribution in [2.75, 3.05) is 5.32 Å². The normalized spacial score (nSPS) is 10.4. The lowest BCUT2D eigenvalue weighted by molar-refractivity contribution is 0.251. The monoisotopic (exact) mass is 371 g/mol. The maximum Gasteiger partial charge on any atom is 0.319 e. The number of hydrogen-bond acceptors (Lipinski definition) is 4. The Kier molecular flexibility index (Phi) is 5.80. The van der Waals surface area contributed by atoms with Gasteiger partial charge in [0, 0.05) is 5.38 Å². The van der Waals surface area contributed by atoms with E-state index in [0.29, 0.717) is 5.75 Å². The number of urea groups is 1. The molecule has 0 bridgehead atoms. The molecule has 0 unspecified atom stereocenters. The van der Waals surface area contributed by atoms with Crippen LogP contribution in [0.5, 0.6) is 11.5 Å². The Morgan fingerprint density at radius 2 is 2.00 bits per heavy atom. The fraction of sp³-hybridized carbons (Fsp3) is 0.158. The van der Waals surface area contributed by atoms with Gasteiger partial charge in [-0.15, -0.1) is 11.3 Å². The van der Waals surface area contributed by atoms with Crippen molar-refractivity contribution in [2.24, 2.45) is 0 Å². The largest absolute Gasteiger partial charge is 0.455 e. The van der Waals surface area contributed by atoms with Gasteiger partial charge < -0.3 is 15.4 Å². The van der Waals surface area contributed by atoms with Crippen LogP contribution in [0.25, 0.3) is 0 Å². The highest BCUT2D eigenvalue weighted by Crippen LogP contribution is 2.31. The first-order chi connectivity index (χ1) is 12.7. The summed E-state index contributed by atoms with van der Waals surface area (Å²) in [4.78, 5) is 16.5. The van der Waals surface area contributed by atoms with Crippen LogP contribution in [-0.2, 0) is 13.0 Å². The van der Waals surface area contributed by atoms with Crippen molar-refractivity contribution in [2.45, 2.75) is 19.9 Å². The number of aryl methyl sites for hydroxylation is 1. The second-order valence-electron chi connectivity index (χ2n) is 5.42. The zero-order chi connectivity index (χ0) is 18.4. The molecule has 0 saturated heterocycles. The first-order valence-electron chi connectivity index (χ1n) is 8.15. The van der Waals surface area contributed by atoms with E-state index in [1.165, 1.54) is 12.1 Å². The predicted octanol–water partition coefficient (Wildman–Crippen LogP) is 4.96. The number of anilines is 1. The number of carbonyl (C=O) groups is 1. The summed E-state index contributed by atoms with van der Waals surface area (Å²) in [6, 6.07) is 12.8. The molecule has 1 aromatic heterocycles. The van der Waals surface area contributed by atoms with Crippen LogP contribution in [0.3, 0.4) is 0 Å². The van der Waals surface area contributed by atoms with Gasteiger partial charge in [-0.1, -0.05) is 31.2 Å². The van der Waals surface area contributed by atoms with Gasteiger partial charge in [0.25, 0.3) is 0 Å². The van der Waals surface area contributed by atoms with E-state index in [9.17, 15) is 9.18 Å².